The van der Waals surface area contributed by atoms with E-state index in [1.54, 1.807) is 19.2 Å². The summed E-state index contributed by atoms with van der Waals surface area (Å²) >= 11 is 0. The summed E-state index contributed by atoms with van der Waals surface area (Å²) in [6.07, 6.45) is 1.62. The monoisotopic (exact) mass is 366 g/mol. The summed E-state index contributed by atoms with van der Waals surface area (Å²) in [6.45, 7) is 1.56. The third-order valence-corrected chi connectivity index (χ3v) is 4.25. The zero-order valence-corrected chi connectivity index (χ0v) is 14.9. The van der Waals surface area contributed by atoms with Crippen LogP contribution in [0.15, 0.2) is 48.7 Å². The Morgan fingerprint density at radius 3 is 2.70 bits per heavy atom. The Balaban J connectivity index is 1.71. The van der Waals surface area contributed by atoms with Gasteiger partial charge >= 0.3 is 0 Å². The van der Waals surface area contributed by atoms with Crippen LogP contribution in [-0.2, 0) is 4.79 Å². The minimum Gasteiger partial charge on any atom is -0.360 e. The van der Waals surface area contributed by atoms with Gasteiger partial charge in [-0.15, -0.1) is 0 Å². The number of non-ortho nitro benzene ring substituents is 1. The number of nitro groups is 1. The third-order valence-electron chi connectivity index (χ3n) is 4.25. The third kappa shape index (κ3) is 3.79. The second-order valence-corrected chi connectivity index (χ2v) is 6.21. The van der Waals surface area contributed by atoms with Crippen molar-refractivity contribution in [3.63, 3.8) is 0 Å². The van der Waals surface area contributed by atoms with Crippen LogP contribution in [0.5, 0.6) is 0 Å². The molecule has 27 heavy (non-hydrogen) atoms. The Morgan fingerprint density at radius 2 is 1.96 bits per heavy atom. The zero-order chi connectivity index (χ0) is 19.6. The van der Waals surface area contributed by atoms with Crippen LogP contribution in [0.4, 0.5) is 11.4 Å². The van der Waals surface area contributed by atoms with E-state index in [0.717, 1.165) is 10.9 Å². The number of amides is 2. The lowest BCUT2D eigenvalue weighted by Crippen LogP contribution is -2.35. The van der Waals surface area contributed by atoms with Gasteiger partial charge in [-0.05, 0) is 18.6 Å². The molecule has 1 aromatic heterocycles. The van der Waals surface area contributed by atoms with Gasteiger partial charge in [-0.25, -0.2) is 0 Å². The zero-order valence-electron chi connectivity index (χ0n) is 14.9. The normalized spacial score (nSPS) is 10.6. The Morgan fingerprint density at radius 1 is 1.22 bits per heavy atom. The average molecular weight is 366 g/mol. The number of H-pyrrole nitrogens is 1. The quantitative estimate of drug-likeness (QED) is 0.534. The lowest BCUT2D eigenvalue weighted by atomic mass is 10.1. The highest BCUT2D eigenvalue weighted by molar-refractivity contribution is 6.08. The van der Waals surface area contributed by atoms with Crippen LogP contribution in [0.25, 0.3) is 10.9 Å². The van der Waals surface area contributed by atoms with Gasteiger partial charge in [0.15, 0.2) is 0 Å². The Hall–Kier alpha value is -3.68. The smallest absolute Gasteiger partial charge is 0.271 e. The highest BCUT2D eigenvalue weighted by Gasteiger charge is 2.19. The molecule has 0 aliphatic heterocycles. The van der Waals surface area contributed by atoms with E-state index in [-0.39, 0.29) is 18.1 Å². The molecular formula is C19H18N4O4. The molecule has 0 bridgehead atoms. The van der Waals surface area contributed by atoms with E-state index in [0.29, 0.717) is 16.8 Å². The van der Waals surface area contributed by atoms with E-state index in [9.17, 15) is 19.7 Å². The number of para-hydroxylation sites is 1. The van der Waals surface area contributed by atoms with Crippen LogP contribution in [0.1, 0.15) is 15.9 Å². The fraction of sp³-hybridized carbons (Fsp3) is 0.158. The molecule has 2 aromatic carbocycles. The molecule has 0 atom stereocenters. The molecule has 0 saturated carbocycles. The minimum atomic E-state index is -0.526. The van der Waals surface area contributed by atoms with Gasteiger partial charge in [0.05, 0.1) is 22.7 Å². The van der Waals surface area contributed by atoms with E-state index in [4.69, 9.17) is 0 Å². The Kier molecular flexibility index (Phi) is 4.89. The summed E-state index contributed by atoms with van der Waals surface area (Å²) in [5, 5.41) is 14.3. The van der Waals surface area contributed by atoms with E-state index in [2.05, 4.69) is 10.3 Å². The summed E-state index contributed by atoms with van der Waals surface area (Å²) in [5.74, 6) is -0.729. The number of nitro benzene ring substituents is 1. The summed E-state index contributed by atoms with van der Waals surface area (Å²) in [6, 6.07) is 11.6. The van der Waals surface area contributed by atoms with Crippen molar-refractivity contribution in [1.29, 1.82) is 0 Å². The minimum absolute atomic E-state index is 0.112. The predicted octanol–water partition coefficient (Wildman–Crippen LogP) is 3.10. The number of rotatable bonds is 5. The summed E-state index contributed by atoms with van der Waals surface area (Å²) < 4.78 is 0. The number of benzene rings is 2. The van der Waals surface area contributed by atoms with Crippen molar-refractivity contribution >= 4 is 34.1 Å². The molecule has 8 heteroatoms. The first kappa shape index (κ1) is 18.1. The van der Waals surface area contributed by atoms with E-state index < -0.39 is 10.8 Å². The van der Waals surface area contributed by atoms with Crippen molar-refractivity contribution in [2.75, 3.05) is 18.9 Å². The molecule has 3 rings (SSSR count). The Labute approximate surface area is 154 Å². The van der Waals surface area contributed by atoms with E-state index in [1.807, 2.05) is 24.3 Å². The van der Waals surface area contributed by atoms with Gasteiger partial charge in [-0.1, -0.05) is 24.3 Å². The first-order valence-corrected chi connectivity index (χ1v) is 8.23. The number of nitrogens with one attached hydrogen (secondary N) is 2. The summed E-state index contributed by atoms with van der Waals surface area (Å²) in [5.41, 5.74) is 2.25. The van der Waals surface area contributed by atoms with Crippen molar-refractivity contribution in [1.82, 2.24) is 9.88 Å². The molecule has 0 saturated heterocycles. The highest BCUT2D eigenvalue weighted by Crippen LogP contribution is 2.22. The van der Waals surface area contributed by atoms with Crippen LogP contribution >= 0.6 is 0 Å². The van der Waals surface area contributed by atoms with Crippen molar-refractivity contribution in [2.45, 2.75) is 6.92 Å². The molecule has 8 nitrogen and oxygen atoms in total. The average Bonchev–Trinajstić information content (AvgIpc) is 3.06. The first-order chi connectivity index (χ1) is 12.9. The SMILES string of the molecule is Cc1ccc([N+](=O)[O-])cc1NC(=O)CN(C)C(=O)c1c[nH]c2ccccc12. The topological polar surface area (TPSA) is 108 Å². The summed E-state index contributed by atoms with van der Waals surface area (Å²) in [4.78, 5) is 39.7. The molecular weight excluding hydrogens is 348 g/mol. The van der Waals surface area contributed by atoms with Crippen molar-refractivity contribution in [3.05, 3.63) is 69.9 Å². The number of aromatic amines is 1. The van der Waals surface area contributed by atoms with Crippen LogP contribution in [0.2, 0.25) is 0 Å². The standard InChI is InChI=1S/C19H18N4O4/c1-12-7-8-13(23(26)27)9-17(12)21-18(24)11-22(2)19(25)15-10-20-16-6-4-3-5-14(15)16/h3-10,20H,11H2,1-2H3,(H,21,24). The Bertz CT molecular complexity index is 1040. The number of aryl methyl sites for hydroxylation is 1. The molecule has 0 radical (unpaired) electrons. The number of aromatic nitrogens is 1. The van der Waals surface area contributed by atoms with Crippen molar-refractivity contribution < 1.29 is 14.5 Å². The van der Waals surface area contributed by atoms with Crippen LogP contribution in [-0.4, -0.2) is 40.2 Å². The van der Waals surface area contributed by atoms with E-state index >= 15 is 0 Å². The fourth-order valence-electron chi connectivity index (χ4n) is 2.79. The molecule has 0 fully saturated rings. The maximum Gasteiger partial charge on any atom is 0.271 e. The largest absolute Gasteiger partial charge is 0.360 e. The molecule has 2 N–H and O–H groups in total. The van der Waals surface area contributed by atoms with Gasteiger partial charge in [0, 0.05) is 36.3 Å². The molecule has 0 unspecified atom stereocenters. The highest BCUT2D eigenvalue weighted by atomic mass is 16.6. The fourth-order valence-corrected chi connectivity index (χ4v) is 2.79. The maximum atomic E-state index is 12.7. The maximum absolute atomic E-state index is 12.7. The van der Waals surface area contributed by atoms with Gasteiger partial charge < -0.3 is 15.2 Å². The van der Waals surface area contributed by atoms with Gasteiger partial charge in [-0.2, -0.15) is 0 Å². The number of anilines is 1. The molecule has 3 aromatic rings. The lowest BCUT2D eigenvalue weighted by molar-refractivity contribution is -0.384. The van der Waals surface area contributed by atoms with Gasteiger partial charge in [0.1, 0.15) is 0 Å². The van der Waals surface area contributed by atoms with E-state index in [1.165, 1.54) is 24.1 Å². The van der Waals surface area contributed by atoms with Gasteiger partial charge in [0.2, 0.25) is 5.91 Å². The number of hydrogen-bond donors (Lipinski definition) is 2. The number of hydrogen-bond acceptors (Lipinski definition) is 4. The molecule has 0 aliphatic rings. The number of carbonyl (C=O) groups excluding carboxylic acids is 2. The van der Waals surface area contributed by atoms with Crippen LogP contribution in [0.3, 0.4) is 0 Å². The number of likely N-dealkylation sites (N-methyl/N-ethyl adjacent to an activating group) is 1. The summed E-state index contributed by atoms with van der Waals surface area (Å²) in [7, 11) is 1.53. The molecule has 0 aliphatic carbocycles. The predicted molar refractivity (Wildman–Crippen MR) is 102 cm³/mol. The molecule has 0 spiro atoms. The first-order valence-electron chi connectivity index (χ1n) is 8.23. The molecule has 138 valence electrons. The number of carbonyl (C=O) groups is 2. The number of nitrogens with zero attached hydrogens (tertiary/aromatic N) is 2. The second-order valence-electron chi connectivity index (χ2n) is 6.21. The van der Waals surface area contributed by atoms with Crippen molar-refractivity contribution in [2.24, 2.45) is 0 Å². The molecule has 2 amide bonds. The second kappa shape index (κ2) is 7.28. The van der Waals surface area contributed by atoms with Crippen LogP contribution in [0, 0.1) is 17.0 Å². The van der Waals surface area contributed by atoms with Crippen molar-refractivity contribution in [3.8, 4) is 0 Å². The molecule has 1 heterocycles. The van der Waals surface area contributed by atoms with Crippen LogP contribution < -0.4 is 5.32 Å². The number of fused-ring (bicyclic) bond motifs is 1. The van der Waals surface area contributed by atoms with Gasteiger partial charge in [0.25, 0.3) is 11.6 Å². The van der Waals surface area contributed by atoms with Gasteiger partial charge in [-0.3, -0.25) is 19.7 Å². The lowest BCUT2D eigenvalue weighted by Gasteiger charge is -2.17.